The van der Waals surface area contributed by atoms with Crippen molar-refractivity contribution in [1.29, 1.82) is 0 Å². The predicted molar refractivity (Wildman–Crippen MR) is 177 cm³/mol. The van der Waals surface area contributed by atoms with Gasteiger partial charge in [-0.25, -0.2) is 8.42 Å². The molecule has 0 saturated heterocycles. The Morgan fingerprint density at radius 2 is 1.67 bits per heavy atom. The molecule has 1 aliphatic carbocycles. The van der Waals surface area contributed by atoms with Crippen LogP contribution in [0.25, 0.3) is 0 Å². The number of nitrogens with one attached hydrogen (secondary N) is 1. The van der Waals surface area contributed by atoms with Crippen LogP contribution < -0.4 is 9.62 Å². The summed E-state index contributed by atoms with van der Waals surface area (Å²) in [7, 11) is -3.63. The normalized spacial score (nSPS) is 14.3. The van der Waals surface area contributed by atoms with E-state index in [1.54, 1.807) is 23.1 Å². The number of anilines is 1. The van der Waals surface area contributed by atoms with Gasteiger partial charge in [-0.1, -0.05) is 88.9 Å². The van der Waals surface area contributed by atoms with Crippen LogP contribution in [0.5, 0.6) is 0 Å². The number of aryl methyl sites for hydroxylation is 1. The predicted octanol–water partition coefficient (Wildman–Crippen LogP) is 6.66. The highest BCUT2D eigenvalue weighted by Crippen LogP contribution is 2.27. The number of nitrogens with zero attached hydrogens (tertiary/aromatic N) is 2. The molecule has 0 heterocycles. The van der Waals surface area contributed by atoms with Gasteiger partial charge in [-0.05, 0) is 67.1 Å². The minimum Gasteiger partial charge on any atom is -0.352 e. The van der Waals surface area contributed by atoms with Gasteiger partial charge in [0.15, 0.2) is 0 Å². The second-order valence-corrected chi connectivity index (χ2v) is 14.5. The minimum atomic E-state index is -3.63. The number of benzene rings is 3. The Labute approximate surface area is 268 Å². The summed E-state index contributed by atoms with van der Waals surface area (Å²) < 4.78 is 27.8. The first-order valence-electron chi connectivity index (χ1n) is 14.6. The van der Waals surface area contributed by atoms with Crippen molar-refractivity contribution < 1.29 is 18.0 Å². The molecule has 0 aromatic heterocycles. The lowest BCUT2D eigenvalue weighted by atomic mass is 10.0. The van der Waals surface area contributed by atoms with E-state index in [2.05, 4.69) is 21.2 Å². The number of carbonyl (C=O) groups excluding carboxylic acids is 2. The lowest BCUT2D eigenvalue weighted by molar-refractivity contribution is -0.141. The molecule has 1 aliphatic rings. The summed E-state index contributed by atoms with van der Waals surface area (Å²) in [5.74, 6) is -0.366. The molecule has 2 amide bonds. The third-order valence-electron chi connectivity index (χ3n) is 7.83. The molecule has 7 nitrogen and oxygen atoms in total. The van der Waals surface area contributed by atoms with Crippen LogP contribution >= 0.6 is 27.5 Å². The monoisotopic (exact) mass is 687 g/mol. The quantitative estimate of drug-likeness (QED) is 0.218. The first-order chi connectivity index (χ1) is 20.5. The average molecular weight is 689 g/mol. The van der Waals surface area contributed by atoms with Crippen LogP contribution in [-0.4, -0.2) is 50.0 Å². The summed E-state index contributed by atoms with van der Waals surface area (Å²) in [6.07, 6.45) is 5.92. The maximum absolute atomic E-state index is 14.0. The number of carbonyl (C=O) groups is 2. The van der Waals surface area contributed by atoms with Crippen molar-refractivity contribution in [2.75, 3.05) is 17.1 Å². The number of hydrogen-bond donors (Lipinski definition) is 1. The molecular formula is C33H39BrClN3O4S. The molecule has 1 saturated carbocycles. The van der Waals surface area contributed by atoms with Crippen LogP contribution in [0.2, 0.25) is 5.02 Å². The Balaban J connectivity index is 1.59. The van der Waals surface area contributed by atoms with Gasteiger partial charge in [0.2, 0.25) is 21.8 Å². The Kier molecular flexibility index (Phi) is 11.7. The van der Waals surface area contributed by atoms with E-state index in [-0.39, 0.29) is 43.8 Å². The third kappa shape index (κ3) is 9.55. The smallest absolute Gasteiger partial charge is 0.243 e. The summed E-state index contributed by atoms with van der Waals surface area (Å²) in [5.41, 5.74) is 3.12. The molecule has 3 aromatic rings. The third-order valence-corrected chi connectivity index (χ3v) is 9.77. The number of hydrogen-bond acceptors (Lipinski definition) is 4. The van der Waals surface area contributed by atoms with E-state index < -0.39 is 16.1 Å². The van der Waals surface area contributed by atoms with Crippen molar-refractivity contribution in [3.63, 3.8) is 0 Å². The van der Waals surface area contributed by atoms with Gasteiger partial charge >= 0.3 is 0 Å². The van der Waals surface area contributed by atoms with Crippen molar-refractivity contribution in [3.8, 4) is 0 Å². The maximum atomic E-state index is 14.0. The van der Waals surface area contributed by atoms with Crippen molar-refractivity contribution in [1.82, 2.24) is 10.2 Å². The highest BCUT2D eigenvalue weighted by atomic mass is 79.9. The fourth-order valence-corrected chi connectivity index (χ4v) is 6.99. The summed E-state index contributed by atoms with van der Waals surface area (Å²) in [5, 5.41) is 3.65. The van der Waals surface area contributed by atoms with Crippen LogP contribution in [0, 0.1) is 6.92 Å². The molecule has 43 heavy (non-hydrogen) atoms. The largest absolute Gasteiger partial charge is 0.352 e. The molecule has 1 N–H and O–H groups in total. The van der Waals surface area contributed by atoms with E-state index in [4.69, 9.17) is 11.6 Å². The Hall–Kier alpha value is -2.88. The molecule has 10 heteroatoms. The fraction of sp³-hybridized carbons (Fsp3) is 0.394. The van der Waals surface area contributed by atoms with Crippen LogP contribution in [-0.2, 0) is 32.6 Å². The van der Waals surface area contributed by atoms with Gasteiger partial charge in [-0.15, -0.1) is 0 Å². The van der Waals surface area contributed by atoms with E-state index in [1.165, 1.54) is 4.31 Å². The van der Waals surface area contributed by atoms with Gasteiger partial charge in [0.05, 0.1) is 11.9 Å². The van der Waals surface area contributed by atoms with Crippen molar-refractivity contribution >= 4 is 55.1 Å². The molecule has 0 aliphatic heterocycles. The van der Waals surface area contributed by atoms with Gasteiger partial charge in [0, 0.05) is 41.5 Å². The average Bonchev–Trinajstić information content (AvgIpc) is 3.48. The fourth-order valence-electron chi connectivity index (χ4n) is 5.54. The minimum absolute atomic E-state index is 0.0736. The van der Waals surface area contributed by atoms with Crippen LogP contribution in [0.1, 0.15) is 55.2 Å². The molecule has 3 aromatic carbocycles. The number of amides is 2. The molecule has 230 valence electrons. The zero-order valence-corrected chi connectivity index (χ0v) is 27.8. The molecule has 4 rings (SSSR count). The standard InChI is InChI=1S/C33H39BrClN3O4S/c1-24-14-19-28(35)22-30(24)38(43(2,41)42)20-8-13-32(39)37(23-26-15-17-27(34)18-16-26)31(21-25-9-4-3-5-10-25)33(40)36-29-11-6-7-12-29/h3-5,9-10,14-19,22,29,31H,6-8,11-13,20-21,23H2,1-2H3,(H,36,40)/t31-/m0/s1. The van der Waals surface area contributed by atoms with E-state index in [1.807, 2.05) is 61.5 Å². The van der Waals surface area contributed by atoms with E-state index in [9.17, 15) is 18.0 Å². The van der Waals surface area contributed by atoms with Gasteiger partial charge in [0.1, 0.15) is 6.04 Å². The second-order valence-electron chi connectivity index (χ2n) is 11.2. The Morgan fingerprint density at radius 1 is 1.00 bits per heavy atom. The summed E-state index contributed by atoms with van der Waals surface area (Å²) >= 11 is 9.66. The topological polar surface area (TPSA) is 86.8 Å². The highest BCUT2D eigenvalue weighted by Gasteiger charge is 2.32. The van der Waals surface area contributed by atoms with Gasteiger partial charge in [0.25, 0.3) is 0 Å². The van der Waals surface area contributed by atoms with E-state index in [0.29, 0.717) is 17.1 Å². The molecular weight excluding hydrogens is 650 g/mol. The van der Waals surface area contributed by atoms with Crippen molar-refractivity contribution in [2.24, 2.45) is 0 Å². The highest BCUT2D eigenvalue weighted by molar-refractivity contribution is 9.10. The second kappa shape index (κ2) is 15.2. The first-order valence-corrected chi connectivity index (χ1v) is 17.7. The first kappa shape index (κ1) is 33.0. The van der Waals surface area contributed by atoms with Crippen molar-refractivity contribution in [3.05, 3.63) is 99.0 Å². The lowest BCUT2D eigenvalue weighted by Gasteiger charge is -2.33. The molecule has 0 spiro atoms. The SMILES string of the molecule is Cc1ccc(Cl)cc1N(CCCC(=O)N(Cc1ccc(Br)cc1)[C@@H](Cc1ccccc1)C(=O)NC1CCCC1)S(C)(=O)=O. The maximum Gasteiger partial charge on any atom is 0.243 e. The molecule has 1 atom stereocenters. The summed E-state index contributed by atoms with van der Waals surface area (Å²) in [6.45, 7) is 2.19. The van der Waals surface area contributed by atoms with Gasteiger partial charge in [-0.3, -0.25) is 13.9 Å². The molecule has 0 radical (unpaired) electrons. The van der Waals surface area contributed by atoms with Gasteiger partial charge in [-0.2, -0.15) is 0 Å². The molecule has 0 unspecified atom stereocenters. The Morgan fingerprint density at radius 3 is 2.33 bits per heavy atom. The van der Waals surface area contributed by atoms with E-state index >= 15 is 0 Å². The van der Waals surface area contributed by atoms with Crippen molar-refractivity contribution in [2.45, 2.75) is 70.5 Å². The van der Waals surface area contributed by atoms with Crippen LogP contribution in [0.3, 0.4) is 0 Å². The zero-order valence-electron chi connectivity index (χ0n) is 24.6. The zero-order chi connectivity index (χ0) is 31.0. The molecule has 1 fully saturated rings. The lowest BCUT2D eigenvalue weighted by Crippen LogP contribution is -2.52. The number of rotatable bonds is 13. The van der Waals surface area contributed by atoms with Crippen LogP contribution in [0.4, 0.5) is 5.69 Å². The summed E-state index contributed by atoms with van der Waals surface area (Å²) in [6, 6.07) is 21.9. The summed E-state index contributed by atoms with van der Waals surface area (Å²) in [4.78, 5) is 29.5. The van der Waals surface area contributed by atoms with E-state index in [0.717, 1.165) is 53.1 Å². The number of sulfonamides is 1. The molecule has 0 bridgehead atoms. The Bertz CT molecular complexity index is 1500. The van der Waals surface area contributed by atoms with Gasteiger partial charge < -0.3 is 10.2 Å². The van der Waals surface area contributed by atoms with Crippen LogP contribution in [0.15, 0.2) is 77.3 Å². The number of halogens is 2.